The fourth-order valence-electron chi connectivity index (χ4n) is 2.61. The number of likely N-dealkylation sites (N-methyl/N-ethyl adjacent to an activating group) is 1. The van der Waals surface area contributed by atoms with Crippen molar-refractivity contribution in [2.45, 2.75) is 25.4 Å². The zero-order chi connectivity index (χ0) is 14.7. The van der Waals surface area contributed by atoms with Crippen LogP contribution in [0, 0.1) is 0 Å². The number of nitrogens with zero attached hydrogens (tertiary/aromatic N) is 3. The molecule has 6 heteroatoms. The molecule has 0 bridgehead atoms. The Balaban J connectivity index is 1.69. The Morgan fingerprint density at radius 2 is 2.24 bits per heavy atom. The summed E-state index contributed by atoms with van der Waals surface area (Å²) in [4.78, 5) is 2.28. The van der Waals surface area contributed by atoms with Gasteiger partial charge in [0.2, 0.25) is 11.8 Å². The molecular weight excluding hydrogens is 332 g/mol. The molecule has 1 aliphatic rings. The first kappa shape index (κ1) is 14.7. The fourth-order valence-corrected chi connectivity index (χ4v) is 3.07. The number of halogens is 1. The molecular formula is C15H19BrN4O. The van der Waals surface area contributed by atoms with E-state index in [0.29, 0.717) is 24.4 Å². The molecule has 0 aliphatic carbocycles. The zero-order valence-corrected chi connectivity index (χ0v) is 13.6. The third-order valence-corrected chi connectivity index (χ3v) is 4.54. The SMILES string of the molecule is CN(Cc1nnc(-c2ccccc2Br)o1)C1CCCNC1. The van der Waals surface area contributed by atoms with Crippen LogP contribution in [0.3, 0.4) is 0 Å². The standard InChI is InChI=1S/C15H19BrN4O/c1-20(11-5-4-8-17-9-11)10-14-18-19-15(21-14)12-6-2-3-7-13(12)16/h2-3,6-7,11,17H,4-5,8-10H2,1H3. The molecule has 2 heterocycles. The number of aromatic nitrogens is 2. The summed E-state index contributed by atoms with van der Waals surface area (Å²) in [5, 5.41) is 11.8. The van der Waals surface area contributed by atoms with E-state index in [1.54, 1.807) is 0 Å². The summed E-state index contributed by atoms with van der Waals surface area (Å²) in [5.41, 5.74) is 0.929. The number of piperidine rings is 1. The minimum absolute atomic E-state index is 0.539. The number of nitrogens with one attached hydrogen (secondary N) is 1. The molecule has 1 atom stereocenters. The molecule has 21 heavy (non-hydrogen) atoms. The van der Waals surface area contributed by atoms with Crippen molar-refractivity contribution in [3.8, 4) is 11.5 Å². The molecule has 1 aromatic carbocycles. The lowest BCUT2D eigenvalue weighted by Crippen LogP contribution is -2.43. The largest absolute Gasteiger partial charge is 0.419 e. The van der Waals surface area contributed by atoms with E-state index in [0.717, 1.165) is 23.1 Å². The maximum Gasteiger partial charge on any atom is 0.248 e. The van der Waals surface area contributed by atoms with Crippen LogP contribution in [-0.2, 0) is 6.54 Å². The van der Waals surface area contributed by atoms with Crippen molar-refractivity contribution in [2.75, 3.05) is 20.1 Å². The quantitative estimate of drug-likeness (QED) is 0.918. The Kier molecular flexibility index (Phi) is 4.67. The van der Waals surface area contributed by atoms with E-state index in [1.807, 2.05) is 24.3 Å². The lowest BCUT2D eigenvalue weighted by Gasteiger charge is -2.30. The van der Waals surface area contributed by atoms with Crippen LogP contribution in [0.25, 0.3) is 11.5 Å². The van der Waals surface area contributed by atoms with Crippen LogP contribution in [-0.4, -0.2) is 41.3 Å². The van der Waals surface area contributed by atoms with Crippen molar-refractivity contribution in [1.29, 1.82) is 0 Å². The van der Waals surface area contributed by atoms with Crippen LogP contribution in [0.1, 0.15) is 18.7 Å². The third kappa shape index (κ3) is 3.51. The minimum atomic E-state index is 0.539. The molecule has 0 amide bonds. The lowest BCUT2D eigenvalue weighted by molar-refractivity contribution is 0.181. The van der Waals surface area contributed by atoms with Crippen LogP contribution in [0.5, 0.6) is 0 Å². The Morgan fingerprint density at radius 3 is 3.00 bits per heavy atom. The van der Waals surface area contributed by atoms with Gasteiger partial charge in [0, 0.05) is 17.1 Å². The molecule has 1 aromatic heterocycles. The third-order valence-electron chi connectivity index (χ3n) is 3.85. The van der Waals surface area contributed by atoms with Crippen LogP contribution >= 0.6 is 15.9 Å². The number of hydrogen-bond donors (Lipinski definition) is 1. The summed E-state index contributed by atoms with van der Waals surface area (Å²) >= 11 is 3.51. The van der Waals surface area contributed by atoms with E-state index in [2.05, 4.69) is 43.4 Å². The summed E-state index contributed by atoms with van der Waals surface area (Å²) in [6, 6.07) is 8.41. The maximum atomic E-state index is 5.80. The van der Waals surface area contributed by atoms with Crippen LogP contribution < -0.4 is 5.32 Å². The van der Waals surface area contributed by atoms with Gasteiger partial charge < -0.3 is 9.73 Å². The van der Waals surface area contributed by atoms with Gasteiger partial charge in [-0.05, 0) is 54.5 Å². The van der Waals surface area contributed by atoms with Crippen molar-refractivity contribution in [3.63, 3.8) is 0 Å². The van der Waals surface area contributed by atoms with Gasteiger partial charge in [-0.25, -0.2) is 0 Å². The van der Waals surface area contributed by atoms with Gasteiger partial charge in [-0.15, -0.1) is 10.2 Å². The second-order valence-corrected chi connectivity index (χ2v) is 6.25. The van der Waals surface area contributed by atoms with Gasteiger partial charge in [0.1, 0.15) is 0 Å². The molecule has 1 saturated heterocycles. The minimum Gasteiger partial charge on any atom is -0.419 e. The van der Waals surface area contributed by atoms with E-state index in [9.17, 15) is 0 Å². The van der Waals surface area contributed by atoms with Crippen molar-refractivity contribution in [1.82, 2.24) is 20.4 Å². The molecule has 1 aliphatic heterocycles. The second-order valence-electron chi connectivity index (χ2n) is 5.40. The topological polar surface area (TPSA) is 54.2 Å². The highest BCUT2D eigenvalue weighted by molar-refractivity contribution is 9.10. The first-order valence-corrected chi connectivity index (χ1v) is 8.01. The van der Waals surface area contributed by atoms with Crippen LogP contribution in [0.4, 0.5) is 0 Å². The smallest absolute Gasteiger partial charge is 0.248 e. The second kappa shape index (κ2) is 6.68. The predicted octanol–water partition coefficient (Wildman–Crippen LogP) is 2.68. The summed E-state index contributed by atoms with van der Waals surface area (Å²) in [7, 11) is 2.11. The zero-order valence-electron chi connectivity index (χ0n) is 12.1. The summed E-state index contributed by atoms with van der Waals surface area (Å²) in [5.74, 6) is 1.22. The highest BCUT2D eigenvalue weighted by atomic mass is 79.9. The van der Waals surface area contributed by atoms with E-state index in [-0.39, 0.29) is 0 Å². The Morgan fingerprint density at radius 1 is 1.38 bits per heavy atom. The van der Waals surface area contributed by atoms with E-state index >= 15 is 0 Å². The maximum absolute atomic E-state index is 5.80. The fraction of sp³-hybridized carbons (Fsp3) is 0.467. The highest BCUT2D eigenvalue weighted by Crippen LogP contribution is 2.27. The highest BCUT2D eigenvalue weighted by Gasteiger charge is 2.20. The molecule has 0 radical (unpaired) electrons. The van der Waals surface area contributed by atoms with Gasteiger partial charge in [0.15, 0.2) is 0 Å². The molecule has 3 rings (SSSR count). The van der Waals surface area contributed by atoms with Crippen LogP contribution in [0.15, 0.2) is 33.2 Å². The average Bonchev–Trinajstić information content (AvgIpc) is 2.97. The summed E-state index contributed by atoms with van der Waals surface area (Å²) in [6.45, 7) is 2.84. The normalized spacial score (nSPS) is 19.1. The van der Waals surface area contributed by atoms with Gasteiger partial charge in [0.05, 0.1) is 12.1 Å². The Hall–Kier alpha value is -1.24. The molecule has 1 unspecified atom stereocenters. The average molecular weight is 351 g/mol. The number of rotatable bonds is 4. The first-order valence-electron chi connectivity index (χ1n) is 7.22. The lowest BCUT2D eigenvalue weighted by atomic mass is 10.1. The number of hydrogen-bond acceptors (Lipinski definition) is 5. The van der Waals surface area contributed by atoms with Gasteiger partial charge in [-0.1, -0.05) is 12.1 Å². The van der Waals surface area contributed by atoms with Gasteiger partial charge in [-0.2, -0.15) is 0 Å². The van der Waals surface area contributed by atoms with Crippen molar-refractivity contribution >= 4 is 15.9 Å². The molecule has 0 saturated carbocycles. The molecule has 1 fully saturated rings. The molecule has 0 spiro atoms. The molecule has 2 aromatic rings. The van der Waals surface area contributed by atoms with Crippen molar-refractivity contribution < 1.29 is 4.42 Å². The first-order chi connectivity index (χ1) is 10.2. The summed E-state index contributed by atoms with van der Waals surface area (Å²) < 4.78 is 6.76. The Labute approximate surface area is 132 Å². The van der Waals surface area contributed by atoms with Gasteiger partial charge >= 0.3 is 0 Å². The van der Waals surface area contributed by atoms with Crippen molar-refractivity contribution in [3.05, 3.63) is 34.6 Å². The number of benzene rings is 1. The van der Waals surface area contributed by atoms with Gasteiger partial charge in [0.25, 0.3) is 0 Å². The van der Waals surface area contributed by atoms with Crippen LogP contribution in [0.2, 0.25) is 0 Å². The van der Waals surface area contributed by atoms with Gasteiger partial charge in [-0.3, -0.25) is 4.90 Å². The molecule has 1 N–H and O–H groups in total. The summed E-state index contributed by atoms with van der Waals surface area (Å²) in [6.07, 6.45) is 2.44. The van der Waals surface area contributed by atoms with Crippen molar-refractivity contribution in [2.24, 2.45) is 0 Å². The van der Waals surface area contributed by atoms with E-state index in [4.69, 9.17) is 4.42 Å². The molecule has 112 valence electrons. The van der Waals surface area contributed by atoms with E-state index in [1.165, 1.54) is 12.8 Å². The predicted molar refractivity (Wildman–Crippen MR) is 84.8 cm³/mol. The molecule has 5 nitrogen and oxygen atoms in total. The van der Waals surface area contributed by atoms with E-state index < -0.39 is 0 Å². The Bertz CT molecular complexity index is 595. The monoisotopic (exact) mass is 350 g/mol.